The van der Waals surface area contributed by atoms with Crippen LogP contribution < -0.4 is 5.32 Å². The van der Waals surface area contributed by atoms with Crippen molar-refractivity contribution < 1.29 is 14.6 Å². The average molecular weight is 338 g/mol. The number of benzene rings is 1. The van der Waals surface area contributed by atoms with Crippen LogP contribution in [0.1, 0.15) is 37.0 Å². The molecule has 9 nitrogen and oxygen atoms in total. The lowest BCUT2D eigenvalue weighted by Crippen LogP contribution is -2.27. The molecule has 1 N–H and O–H groups in total. The number of rotatable bonds is 10. The molecule has 0 bridgehead atoms. The maximum atomic E-state index is 12.0. The molecule has 0 fully saturated rings. The Morgan fingerprint density at radius 3 is 2.04 bits per heavy atom. The first-order valence-electron chi connectivity index (χ1n) is 7.83. The number of hydrogen-bond donors (Lipinski definition) is 1. The fourth-order valence-corrected chi connectivity index (χ4v) is 2.24. The average Bonchev–Trinajstić information content (AvgIpc) is 2.57. The summed E-state index contributed by atoms with van der Waals surface area (Å²) in [4.78, 5) is 34.4. The highest BCUT2D eigenvalue weighted by atomic mass is 16.6. The number of amides is 1. The van der Waals surface area contributed by atoms with Crippen LogP contribution in [0.4, 0.5) is 11.4 Å². The second-order valence-electron chi connectivity index (χ2n) is 5.24. The van der Waals surface area contributed by atoms with E-state index in [4.69, 9.17) is 0 Å². The van der Waals surface area contributed by atoms with Crippen LogP contribution in [0.5, 0.6) is 0 Å². The van der Waals surface area contributed by atoms with E-state index in [2.05, 4.69) is 24.1 Å². The highest BCUT2D eigenvalue weighted by Crippen LogP contribution is 2.22. The van der Waals surface area contributed by atoms with Gasteiger partial charge >= 0.3 is 0 Å². The Labute approximate surface area is 139 Å². The molecule has 132 valence electrons. The third kappa shape index (κ3) is 5.92. The van der Waals surface area contributed by atoms with Crippen LogP contribution in [0, 0.1) is 20.2 Å². The van der Waals surface area contributed by atoms with Crippen molar-refractivity contribution in [2.45, 2.75) is 26.7 Å². The molecule has 0 saturated heterocycles. The molecular formula is C15H22N4O5. The van der Waals surface area contributed by atoms with Crippen molar-refractivity contribution >= 4 is 17.3 Å². The lowest BCUT2D eigenvalue weighted by Gasteiger charge is -2.17. The summed E-state index contributed by atoms with van der Waals surface area (Å²) < 4.78 is 0. The van der Waals surface area contributed by atoms with Crippen LogP contribution >= 0.6 is 0 Å². The summed E-state index contributed by atoms with van der Waals surface area (Å²) in [5.41, 5.74) is -1.04. The van der Waals surface area contributed by atoms with Gasteiger partial charge in [0.15, 0.2) is 0 Å². The van der Waals surface area contributed by atoms with Gasteiger partial charge in [0.2, 0.25) is 0 Å². The molecule has 0 aromatic heterocycles. The third-order valence-electron chi connectivity index (χ3n) is 3.67. The summed E-state index contributed by atoms with van der Waals surface area (Å²) in [6.45, 7) is 7.46. The van der Waals surface area contributed by atoms with Gasteiger partial charge in [0.05, 0.1) is 21.5 Å². The number of nitro groups is 2. The maximum absolute atomic E-state index is 12.0. The Bertz CT molecular complexity index is 569. The van der Waals surface area contributed by atoms with Crippen LogP contribution in [-0.4, -0.2) is 46.8 Å². The molecule has 0 unspecified atom stereocenters. The Balaban J connectivity index is 2.61. The fourth-order valence-electron chi connectivity index (χ4n) is 2.24. The Morgan fingerprint density at radius 2 is 1.58 bits per heavy atom. The van der Waals surface area contributed by atoms with Crippen LogP contribution in [0.2, 0.25) is 0 Å². The molecule has 0 aliphatic heterocycles. The number of nitro benzene ring substituents is 2. The van der Waals surface area contributed by atoms with E-state index in [1.807, 2.05) is 0 Å². The maximum Gasteiger partial charge on any atom is 0.277 e. The lowest BCUT2D eigenvalue weighted by molar-refractivity contribution is -0.394. The first-order valence-corrected chi connectivity index (χ1v) is 7.83. The van der Waals surface area contributed by atoms with E-state index in [1.165, 1.54) is 0 Å². The molecule has 0 spiro atoms. The first kappa shape index (κ1) is 19.5. The van der Waals surface area contributed by atoms with Crippen LogP contribution in [0.3, 0.4) is 0 Å². The molecule has 9 heteroatoms. The predicted molar refractivity (Wildman–Crippen MR) is 89.1 cm³/mol. The molecular weight excluding hydrogens is 316 g/mol. The van der Waals surface area contributed by atoms with Crippen molar-refractivity contribution in [1.82, 2.24) is 10.2 Å². The van der Waals surface area contributed by atoms with E-state index in [0.717, 1.165) is 50.7 Å². The number of carbonyl (C=O) groups excluding carboxylic acids is 1. The molecule has 1 aromatic carbocycles. The largest absolute Gasteiger partial charge is 0.352 e. The minimum absolute atomic E-state index is 0.0837. The van der Waals surface area contributed by atoms with Crippen molar-refractivity contribution in [1.29, 1.82) is 0 Å². The van der Waals surface area contributed by atoms with Crippen LogP contribution in [0.25, 0.3) is 0 Å². The van der Waals surface area contributed by atoms with Crippen LogP contribution in [-0.2, 0) is 0 Å². The van der Waals surface area contributed by atoms with Gasteiger partial charge < -0.3 is 10.2 Å². The molecule has 0 saturated carbocycles. The quantitative estimate of drug-likeness (QED) is 0.397. The van der Waals surface area contributed by atoms with Gasteiger partial charge in [-0.3, -0.25) is 25.0 Å². The molecule has 0 atom stereocenters. The van der Waals surface area contributed by atoms with Gasteiger partial charge in [0.1, 0.15) is 0 Å². The third-order valence-corrected chi connectivity index (χ3v) is 3.67. The van der Waals surface area contributed by atoms with Gasteiger partial charge in [-0.1, -0.05) is 13.8 Å². The Morgan fingerprint density at radius 1 is 1.04 bits per heavy atom. The van der Waals surface area contributed by atoms with Gasteiger partial charge in [0.25, 0.3) is 17.3 Å². The summed E-state index contributed by atoms with van der Waals surface area (Å²) in [5.74, 6) is -0.551. The minimum atomic E-state index is -0.756. The SMILES string of the molecule is CCN(CC)CCCCNC(=O)c1cc([N+](=O)[O-])cc([N+](=O)[O-])c1. The summed E-state index contributed by atoms with van der Waals surface area (Å²) in [5, 5.41) is 24.3. The summed E-state index contributed by atoms with van der Waals surface area (Å²) in [6, 6.07) is 2.91. The van der Waals surface area contributed by atoms with Crippen molar-refractivity contribution in [2.75, 3.05) is 26.2 Å². The molecule has 0 aliphatic rings. The number of hydrogen-bond acceptors (Lipinski definition) is 6. The number of non-ortho nitro benzene ring substituents is 2. The van der Waals surface area contributed by atoms with Crippen molar-refractivity contribution in [3.05, 3.63) is 44.0 Å². The van der Waals surface area contributed by atoms with Gasteiger partial charge in [-0.25, -0.2) is 0 Å². The monoisotopic (exact) mass is 338 g/mol. The fraction of sp³-hybridized carbons (Fsp3) is 0.533. The summed E-state index contributed by atoms with van der Waals surface area (Å²) in [6.07, 6.45) is 1.68. The van der Waals surface area contributed by atoms with Crippen molar-refractivity contribution in [3.8, 4) is 0 Å². The van der Waals surface area contributed by atoms with Crippen molar-refractivity contribution in [2.24, 2.45) is 0 Å². The molecule has 1 amide bonds. The highest BCUT2D eigenvalue weighted by molar-refractivity contribution is 5.95. The molecule has 1 rings (SSSR count). The zero-order valence-electron chi connectivity index (χ0n) is 13.9. The summed E-state index contributed by atoms with van der Waals surface area (Å²) in [7, 11) is 0. The van der Waals surface area contributed by atoms with Gasteiger partial charge in [-0.2, -0.15) is 0 Å². The predicted octanol–water partition coefficient (Wildman–Crippen LogP) is 2.35. The molecule has 1 aromatic rings. The van der Waals surface area contributed by atoms with E-state index >= 15 is 0 Å². The van der Waals surface area contributed by atoms with Crippen molar-refractivity contribution in [3.63, 3.8) is 0 Å². The summed E-state index contributed by atoms with van der Waals surface area (Å²) >= 11 is 0. The number of carbonyl (C=O) groups is 1. The van der Waals surface area contributed by atoms with Gasteiger partial charge in [-0.05, 0) is 32.5 Å². The van der Waals surface area contributed by atoms with Crippen LogP contribution in [0.15, 0.2) is 18.2 Å². The molecule has 0 aliphatic carbocycles. The second-order valence-corrected chi connectivity index (χ2v) is 5.24. The van der Waals surface area contributed by atoms with Gasteiger partial charge in [0, 0.05) is 18.7 Å². The Kier molecular flexibility index (Phi) is 7.76. The Hall–Kier alpha value is -2.55. The number of nitrogens with zero attached hydrogens (tertiary/aromatic N) is 3. The zero-order chi connectivity index (χ0) is 18.1. The second kappa shape index (κ2) is 9.56. The first-order chi connectivity index (χ1) is 11.4. The minimum Gasteiger partial charge on any atom is -0.352 e. The normalized spacial score (nSPS) is 10.6. The van der Waals surface area contributed by atoms with E-state index in [1.54, 1.807) is 0 Å². The van der Waals surface area contributed by atoms with E-state index in [-0.39, 0.29) is 5.56 Å². The highest BCUT2D eigenvalue weighted by Gasteiger charge is 2.19. The smallest absolute Gasteiger partial charge is 0.277 e. The number of unbranched alkanes of at least 4 members (excludes halogenated alkanes) is 1. The molecule has 0 radical (unpaired) electrons. The number of nitrogens with one attached hydrogen (secondary N) is 1. The van der Waals surface area contributed by atoms with E-state index in [0.29, 0.717) is 6.54 Å². The molecule has 24 heavy (non-hydrogen) atoms. The van der Waals surface area contributed by atoms with E-state index in [9.17, 15) is 25.0 Å². The van der Waals surface area contributed by atoms with E-state index < -0.39 is 27.1 Å². The topological polar surface area (TPSA) is 119 Å². The lowest BCUT2D eigenvalue weighted by atomic mass is 10.1. The molecule has 0 heterocycles. The zero-order valence-corrected chi connectivity index (χ0v) is 13.9. The standard InChI is InChI=1S/C15H22N4O5/c1-3-17(4-2)8-6-5-7-16-15(20)12-9-13(18(21)22)11-14(10-12)19(23)24/h9-11H,3-8H2,1-2H3,(H,16,20). The van der Waals surface area contributed by atoms with Gasteiger partial charge in [-0.15, -0.1) is 0 Å².